The zero-order chi connectivity index (χ0) is 20.4. The van der Waals surface area contributed by atoms with Gasteiger partial charge in [0.25, 0.3) is 0 Å². The summed E-state index contributed by atoms with van der Waals surface area (Å²) >= 11 is 0. The van der Waals surface area contributed by atoms with Crippen LogP contribution in [0.25, 0.3) is 5.69 Å². The van der Waals surface area contributed by atoms with E-state index in [1.54, 1.807) is 5.57 Å². The highest BCUT2D eigenvalue weighted by molar-refractivity contribution is 5.48. The lowest BCUT2D eigenvalue weighted by atomic mass is 9.82. The number of rotatable bonds is 5. The van der Waals surface area contributed by atoms with Gasteiger partial charge in [0.2, 0.25) is 0 Å². The van der Waals surface area contributed by atoms with Crippen LogP contribution in [0.2, 0.25) is 0 Å². The molecule has 2 aliphatic rings. The van der Waals surface area contributed by atoms with Gasteiger partial charge in [-0.3, -0.25) is 4.90 Å². The maximum absolute atomic E-state index is 4.94. The molecule has 3 nitrogen and oxygen atoms in total. The first-order valence-corrected chi connectivity index (χ1v) is 11.2. The second-order valence-corrected chi connectivity index (χ2v) is 8.99. The summed E-state index contributed by atoms with van der Waals surface area (Å²) in [6.45, 7) is 13.1. The van der Waals surface area contributed by atoms with Gasteiger partial charge in [-0.05, 0) is 88.6 Å². The van der Waals surface area contributed by atoms with Crippen molar-refractivity contribution in [3.8, 4) is 5.69 Å². The van der Waals surface area contributed by atoms with E-state index >= 15 is 0 Å². The van der Waals surface area contributed by atoms with Gasteiger partial charge >= 0.3 is 0 Å². The Bertz CT molecular complexity index is 878. The van der Waals surface area contributed by atoms with E-state index in [2.05, 4.69) is 67.3 Å². The Morgan fingerprint density at radius 1 is 1.14 bits per heavy atom. The maximum Gasteiger partial charge on any atom is 0.134 e. The summed E-state index contributed by atoms with van der Waals surface area (Å²) in [6, 6.07) is 6.85. The number of piperidine rings is 1. The van der Waals surface area contributed by atoms with Crippen molar-refractivity contribution < 1.29 is 0 Å². The third kappa shape index (κ3) is 4.11. The third-order valence-corrected chi connectivity index (χ3v) is 6.84. The number of hydrogen-bond donors (Lipinski definition) is 0. The molecule has 1 aliphatic carbocycles. The van der Waals surface area contributed by atoms with Gasteiger partial charge in [-0.2, -0.15) is 0 Å². The van der Waals surface area contributed by atoms with Crippen molar-refractivity contribution in [1.82, 2.24) is 14.5 Å². The van der Waals surface area contributed by atoms with E-state index in [1.807, 2.05) is 6.20 Å². The highest BCUT2D eigenvalue weighted by Gasteiger charge is 2.31. The van der Waals surface area contributed by atoms with E-state index in [4.69, 9.17) is 4.98 Å². The lowest BCUT2D eigenvalue weighted by molar-refractivity contribution is 0.173. The van der Waals surface area contributed by atoms with Crippen LogP contribution in [0, 0.1) is 19.8 Å². The van der Waals surface area contributed by atoms with E-state index in [1.165, 1.54) is 67.0 Å². The van der Waals surface area contributed by atoms with Crippen LogP contribution in [0.5, 0.6) is 0 Å². The minimum absolute atomic E-state index is 0.287. The second kappa shape index (κ2) is 8.71. The van der Waals surface area contributed by atoms with Crippen LogP contribution in [-0.4, -0.2) is 27.5 Å². The van der Waals surface area contributed by atoms with Crippen LogP contribution in [0.3, 0.4) is 0 Å². The molecule has 0 radical (unpaired) electrons. The number of aryl methyl sites for hydroxylation is 2. The molecule has 2 unspecified atom stereocenters. The third-order valence-electron chi connectivity index (χ3n) is 6.84. The highest BCUT2D eigenvalue weighted by Crippen LogP contribution is 2.39. The van der Waals surface area contributed by atoms with Crippen molar-refractivity contribution in [2.24, 2.45) is 5.92 Å². The average Bonchev–Trinajstić information content (AvgIpc) is 3.18. The van der Waals surface area contributed by atoms with Gasteiger partial charge in [0, 0.05) is 12.4 Å². The molecule has 0 saturated carbocycles. The quantitative estimate of drug-likeness (QED) is 0.558. The molecule has 154 valence electrons. The standard InChI is InChI=1S/C26H35N3/c1-19(2)22-11-13-23(14-12-22)25(28-16-6-5-7-17-28)26-27-15-18-29(26)24-20(3)9-8-10-21(24)4/h8-10,13,15,18,22,25H,1,5-7,11-12,14,16-17H2,2-4H3. The van der Waals surface area contributed by atoms with Gasteiger partial charge in [0.15, 0.2) is 0 Å². The number of aromatic nitrogens is 2. The van der Waals surface area contributed by atoms with E-state index in [0.717, 1.165) is 12.8 Å². The molecule has 1 aromatic carbocycles. The Kier molecular flexibility index (Phi) is 6.05. The predicted octanol–water partition coefficient (Wildman–Crippen LogP) is 6.32. The highest BCUT2D eigenvalue weighted by atomic mass is 15.2. The van der Waals surface area contributed by atoms with Crippen molar-refractivity contribution in [1.29, 1.82) is 0 Å². The first-order valence-electron chi connectivity index (χ1n) is 11.2. The first kappa shape index (κ1) is 20.2. The predicted molar refractivity (Wildman–Crippen MR) is 121 cm³/mol. The Labute approximate surface area is 176 Å². The van der Waals surface area contributed by atoms with Crippen LogP contribution in [0.15, 0.2) is 54.4 Å². The van der Waals surface area contributed by atoms with Crippen LogP contribution in [0.4, 0.5) is 0 Å². The van der Waals surface area contributed by atoms with Crippen LogP contribution >= 0.6 is 0 Å². The summed E-state index contributed by atoms with van der Waals surface area (Å²) in [5, 5.41) is 0. The molecular formula is C26H35N3. The van der Waals surface area contributed by atoms with Gasteiger partial charge < -0.3 is 4.57 Å². The molecule has 3 heteroatoms. The van der Waals surface area contributed by atoms with Crippen LogP contribution in [0.1, 0.15) is 68.4 Å². The van der Waals surface area contributed by atoms with Gasteiger partial charge in [-0.1, -0.05) is 42.8 Å². The minimum atomic E-state index is 0.287. The topological polar surface area (TPSA) is 21.1 Å². The number of likely N-dealkylation sites (tertiary alicyclic amines) is 1. The van der Waals surface area contributed by atoms with Crippen LogP contribution in [-0.2, 0) is 0 Å². The second-order valence-electron chi connectivity index (χ2n) is 8.99. The zero-order valence-corrected chi connectivity index (χ0v) is 18.3. The molecule has 1 saturated heterocycles. The summed E-state index contributed by atoms with van der Waals surface area (Å²) in [5.41, 5.74) is 6.79. The number of allylic oxidation sites excluding steroid dienone is 2. The van der Waals surface area contributed by atoms with Crippen LogP contribution < -0.4 is 0 Å². The normalized spacial score (nSPS) is 21.6. The number of imidazole rings is 1. The summed E-state index contributed by atoms with van der Waals surface area (Å²) in [6.07, 6.45) is 14.1. The molecule has 29 heavy (non-hydrogen) atoms. The molecule has 2 aromatic rings. The number of para-hydroxylation sites is 1. The van der Waals surface area contributed by atoms with Crippen molar-refractivity contribution in [2.75, 3.05) is 13.1 Å². The molecular weight excluding hydrogens is 354 g/mol. The Hall–Kier alpha value is -2.13. The lowest BCUT2D eigenvalue weighted by Gasteiger charge is -2.38. The fourth-order valence-electron chi connectivity index (χ4n) is 5.18. The summed E-state index contributed by atoms with van der Waals surface area (Å²) in [4.78, 5) is 7.63. The largest absolute Gasteiger partial charge is 0.302 e. The molecule has 4 rings (SSSR count). The molecule has 0 bridgehead atoms. The van der Waals surface area contributed by atoms with E-state index in [-0.39, 0.29) is 6.04 Å². The molecule has 1 aromatic heterocycles. The molecule has 0 amide bonds. The SMILES string of the molecule is C=C(C)C1CC=C(C(c2nccn2-c2c(C)cccc2C)N2CCCCC2)CC1. The fourth-order valence-corrected chi connectivity index (χ4v) is 5.18. The van der Waals surface area contributed by atoms with Gasteiger partial charge in [0.05, 0.1) is 11.7 Å². The van der Waals surface area contributed by atoms with Crippen molar-refractivity contribution >= 4 is 0 Å². The molecule has 1 aliphatic heterocycles. The van der Waals surface area contributed by atoms with E-state index in [9.17, 15) is 0 Å². The van der Waals surface area contributed by atoms with Crippen molar-refractivity contribution in [3.63, 3.8) is 0 Å². The zero-order valence-electron chi connectivity index (χ0n) is 18.3. The maximum atomic E-state index is 4.94. The average molecular weight is 390 g/mol. The number of benzene rings is 1. The number of nitrogens with zero attached hydrogens (tertiary/aromatic N) is 3. The van der Waals surface area contributed by atoms with Gasteiger partial charge in [-0.25, -0.2) is 4.98 Å². The number of hydrogen-bond acceptors (Lipinski definition) is 2. The minimum Gasteiger partial charge on any atom is -0.302 e. The molecule has 0 N–H and O–H groups in total. The summed E-state index contributed by atoms with van der Waals surface area (Å²) in [7, 11) is 0. The molecule has 1 fully saturated rings. The van der Waals surface area contributed by atoms with Crippen molar-refractivity contribution in [3.05, 3.63) is 71.3 Å². The monoisotopic (exact) mass is 389 g/mol. The van der Waals surface area contributed by atoms with E-state index in [0.29, 0.717) is 5.92 Å². The van der Waals surface area contributed by atoms with Gasteiger partial charge in [0.1, 0.15) is 5.82 Å². The Morgan fingerprint density at radius 2 is 1.86 bits per heavy atom. The van der Waals surface area contributed by atoms with Crippen molar-refractivity contribution in [2.45, 2.75) is 65.3 Å². The molecule has 0 spiro atoms. The first-order chi connectivity index (χ1) is 14.1. The Morgan fingerprint density at radius 3 is 2.48 bits per heavy atom. The lowest BCUT2D eigenvalue weighted by Crippen LogP contribution is -2.36. The molecule has 2 atom stereocenters. The van der Waals surface area contributed by atoms with Gasteiger partial charge in [-0.15, -0.1) is 0 Å². The molecule has 2 heterocycles. The smallest absolute Gasteiger partial charge is 0.134 e. The fraction of sp³-hybridized carbons (Fsp3) is 0.500. The summed E-state index contributed by atoms with van der Waals surface area (Å²) < 4.78 is 2.36. The summed E-state index contributed by atoms with van der Waals surface area (Å²) in [5.74, 6) is 1.82. The van der Waals surface area contributed by atoms with E-state index < -0.39 is 0 Å². The Balaban J connectivity index is 1.76.